The van der Waals surface area contributed by atoms with Gasteiger partial charge in [0.15, 0.2) is 5.78 Å². The van der Waals surface area contributed by atoms with Gasteiger partial charge >= 0.3 is 5.97 Å². The van der Waals surface area contributed by atoms with Gasteiger partial charge in [-0.25, -0.2) is 0 Å². The minimum Gasteiger partial charge on any atom is -0.466 e. The molecule has 0 N–H and O–H groups in total. The molecule has 0 aromatic heterocycles. The molecule has 0 saturated heterocycles. The van der Waals surface area contributed by atoms with Crippen molar-refractivity contribution in [1.82, 2.24) is 0 Å². The number of carbonyl (C=O) groups is 2. The fourth-order valence-corrected chi connectivity index (χ4v) is 3.11. The van der Waals surface area contributed by atoms with Crippen molar-refractivity contribution in [2.75, 3.05) is 6.61 Å². The summed E-state index contributed by atoms with van der Waals surface area (Å²) < 4.78 is 5.38. The molecule has 0 saturated carbocycles. The number of carbonyl (C=O) groups excluding carboxylic acids is 2. The molecule has 0 bridgehead atoms. The summed E-state index contributed by atoms with van der Waals surface area (Å²) in [5.41, 5.74) is 1.67. The Balaban J connectivity index is 2.11. The fourth-order valence-electron chi connectivity index (χ4n) is 3.11. The van der Waals surface area contributed by atoms with E-state index in [-0.39, 0.29) is 30.0 Å². The van der Waals surface area contributed by atoms with Gasteiger partial charge in [-0.3, -0.25) is 9.59 Å². The number of unbranched alkanes of at least 4 members (excludes halogenated alkanes) is 2. The molecular weight excluding hydrogens is 324 g/mol. The van der Waals surface area contributed by atoms with E-state index >= 15 is 0 Å². The lowest BCUT2D eigenvalue weighted by Gasteiger charge is -2.23. The predicted molar refractivity (Wildman–Crippen MR) is 104 cm³/mol. The second kappa shape index (κ2) is 10.5. The van der Waals surface area contributed by atoms with Crippen LogP contribution in [0.5, 0.6) is 0 Å². The van der Waals surface area contributed by atoms with Gasteiger partial charge in [-0.1, -0.05) is 87.4 Å². The van der Waals surface area contributed by atoms with E-state index in [0.29, 0.717) is 12.2 Å². The molecule has 2 unspecified atom stereocenters. The topological polar surface area (TPSA) is 43.4 Å². The lowest BCUT2D eigenvalue weighted by Crippen LogP contribution is -2.23. The number of ether oxygens (including phenoxy) is 1. The quantitative estimate of drug-likeness (QED) is 0.326. The minimum absolute atomic E-state index is 0.0539. The fraction of sp³-hybridized carbons (Fsp3) is 0.391. The van der Waals surface area contributed by atoms with Crippen LogP contribution in [0.2, 0.25) is 0 Å². The summed E-state index contributed by atoms with van der Waals surface area (Å²) >= 11 is 0. The van der Waals surface area contributed by atoms with Gasteiger partial charge in [0.2, 0.25) is 0 Å². The van der Waals surface area contributed by atoms with E-state index in [1.54, 1.807) is 0 Å². The molecule has 0 aliphatic carbocycles. The molecule has 0 fully saturated rings. The summed E-state index contributed by atoms with van der Waals surface area (Å²) in [6, 6.07) is 19.0. The second-order valence-electron chi connectivity index (χ2n) is 6.67. The van der Waals surface area contributed by atoms with Crippen LogP contribution in [0.1, 0.15) is 61.4 Å². The van der Waals surface area contributed by atoms with E-state index in [9.17, 15) is 9.59 Å². The Kier molecular flexibility index (Phi) is 8.07. The van der Waals surface area contributed by atoms with Crippen molar-refractivity contribution in [3.8, 4) is 0 Å². The zero-order valence-corrected chi connectivity index (χ0v) is 15.7. The summed E-state index contributed by atoms with van der Waals surface area (Å²) in [7, 11) is 0. The molecule has 0 radical (unpaired) electrons. The monoisotopic (exact) mass is 352 g/mol. The van der Waals surface area contributed by atoms with Crippen LogP contribution in [0.3, 0.4) is 0 Å². The minimum atomic E-state index is -0.303. The van der Waals surface area contributed by atoms with Crippen LogP contribution in [0.4, 0.5) is 0 Å². The molecule has 3 nitrogen and oxygen atoms in total. The van der Waals surface area contributed by atoms with Crippen LogP contribution in [0, 0.1) is 5.92 Å². The Morgan fingerprint density at radius 3 is 2.15 bits per heavy atom. The van der Waals surface area contributed by atoms with E-state index in [2.05, 4.69) is 6.92 Å². The normalized spacial score (nSPS) is 13.0. The molecule has 0 aliphatic heterocycles. The first-order valence-electron chi connectivity index (χ1n) is 9.43. The molecule has 138 valence electrons. The predicted octanol–water partition coefficient (Wildman–Crippen LogP) is 5.41. The van der Waals surface area contributed by atoms with E-state index in [4.69, 9.17) is 4.74 Å². The summed E-state index contributed by atoms with van der Waals surface area (Å²) in [4.78, 5) is 25.2. The van der Waals surface area contributed by atoms with Gasteiger partial charge in [0.25, 0.3) is 0 Å². The van der Waals surface area contributed by atoms with Crippen molar-refractivity contribution < 1.29 is 14.3 Å². The van der Waals surface area contributed by atoms with Crippen LogP contribution in [0.25, 0.3) is 0 Å². The standard InChI is InChI=1S/C23H28O3/c1-3-4-11-16-26-22(24)17-21(19-12-7-5-8-13-19)18(2)23(25)20-14-9-6-10-15-20/h5-10,12-15,18,21H,3-4,11,16-17H2,1-2H3. The molecule has 2 aromatic rings. The average Bonchev–Trinajstić information content (AvgIpc) is 2.69. The van der Waals surface area contributed by atoms with Gasteiger partial charge in [0.05, 0.1) is 13.0 Å². The van der Waals surface area contributed by atoms with E-state index in [1.807, 2.05) is 67.6 Å². The van der Waals surface area contributed by atoms with Crippen molar-refractivity contribution in [3.05, 3.63) is 71.8 Å². The number of benzene rings is 2. The van der Waals surface area contributed by atoms with Crippen LogP contribution in [-0.2, 0) is 9.53 Å². The van der Waals surface area contributed by atoms with Crippen LogP contribution < -0.4 is 0 Å². The maximum atomic E-state index is 12.9. The highest BCUT2D eigenvalue weighted by molar-refractivity contribution is 5.98. The van der Waals surface area contributed by atoms with Crippen LogP contribution in [0.15, 0.2) is 60.7 Å². The zero-order chi connectivity index (χ0) is 18.8. The Hall–Kier alpha value is -2.42. The Morgan fingerprint density at radius 2 is 1.54 bits per heavy atom. The molecule has 0 aliphatic rings. The largest absolute Gasteiger partial charge is 0.466 e. The number of rotatable bonds is 10. The summed E-state index contributed by atoms with van der Waals surface area (Å²) in [5.74, 6) is -0.675. The van der Waals surface area contributed by atoms with E-state index in [1.165, 1.54) is 0 Å². The first-order valence-corrected chi connectivity index (χ1v) is 9.43. The smallest absolute Gasteiger partial charge is 0.306 e. The first kappa shape index (κ1) is 19.9. The van der Waals surface area contributed by atoms with E-state index in [0.717, 1.165) is 24.8 Å². The van der Waals surface area contributed by atoms with Gasteiger partial charge < -0.3 is 4.74 Å². The second-order valence-corrected chi connectivity index (χ2v) is 6.67. The summed E-state index contributed by atoms with van der Waals surface area (Å²) in [5, 5.41) is 0. The maximum Gasteiger partial charge on any atom is 0.306 e. The molecule has 2 aromatic carbocycles. The van der Waals surface area contributed by atoms with Crippen molar-refractivity contribution in [2.24, 2.45) is 5.92 Å². The van der Waals surface area contributed by atoms with Crippen molar-refractivity contribution in [3.63, 3.8) is 0 Å². The molecule has 0 spiro atoms. The number of hydrogen-bond donors (Lipinski definition) is 0. The summed E-state index contributed by atoms with van der Waals surface area (Å²) in [6.07, 6.45) is 3.25. The highest BCUT2D eigenvalue weighted by Gasteiger charge is 2.28. The molecule has 0 amide bonds. The highest BCUT2D eigenvalue weighted by atomic mass is 16.5. The third-order valence-electron chi connectivity index (χ3n) is 4.70. The maximum absolute atomic E-state index is 12.9. The number of Topliss-reactive ketones (excluding diaryl/α,β-unsaturated/α-hetero) is 1. The zero-order valence-electron chi connectivity index (χ0n) is 15.7. The Bertz CT molecular complexity index is 679. The van der Waals surface area contributed by atoms with Crippen molar-refractivity contribution >= 4 is 11.8 Å². The molecule has 2 rings (SSSR count). The number of hydrogen-bond acceptors (Lipinski definition) is 3. The number of esters is 1. The lowest BCUT2D eigenvalue weighted by molar-refractivity contribution is -0.144. The third-order valence-corrected chi connectivity index (χ3v) is 4.70. The molecule has 26 heavy (non-hydrogen) atoms. The summed E-state index contributed by atoms with van der Waals surface area (Å²) in [6.45, 7) is 4.47. The molecular formula is C23H28O3. The first-order chi connectivity index (χ1) is 12.6. The van der Waals surface area contributed by atoms with Gasteiger partial charge in [-0.2, -0.15) is 0 Å². The molecule has 2 atom stereocenters. The van der Waals surface area contributed by atoms with Crippen LogP contribution >= 0.6 is 0 Å². The highest BCUT2D eigenvalue weighted by Crippen LogP contribution is 2.31. The molecule has 0 heterocycles. The van der Waals surface area contributed by atoms with Gasteiger partial charge in [-0.15, -0.1) is 0 Å². The van der Waals surface area contributed by atoms with E-state index < -0.39 is 0 Å². The van der Waals surface area contributed by atoms with Gasteiger partial charge in [-0.05, 0) is 12.0 Å². The third kappa shape index (κ3) is 5.83. The average molecular weight is 352 g/mol. The van der Waals surface area contributed by atoms with Crippen molar-refractivity contribution in [2.45, 2.75) is 45.4 Å². The van der Waals surface area contributed by atoms with Gasteiger partial charge in [0, 0.05) is 17.4 Å². The lowest BCUT2D eigenvalue weighted by atomic mass is 9.80. The Labute approximate surface area is 156 Å². The Morgan fingerprint density at radius 1 is 0.923 bits per heavy atom. The molecule has 3 heteroatoms. The van der Waals surface area contributed by atoms with Crippen LogP contribution in [-0.4, -0.2) is 18.4 Å². The van der Waals surface area contributed by atoms with Gasteiger partial charge in [0.1, 0.15) is 0 Å². The number of ketones is 1. The van der Waals surface area contributed by atoms with Crippen molar-refractivity contribution in [1.29, 1.82) is 0 Å². The SMILES string of the molecule is CCCCCOC(=O)CC(c1ccccc1)C(C)C(=O)c1ccccc1.